The summed E-state index contributed by atoms with van der Waals surface area (Å²) >= 11 is 0.987. The monoisotopic (exact) mass is 411 g/mol. The fourth-order valence-electron chi connectivity index (χ4n) is 3.16. The molecule has 0 bridgehead atoms. The summed E-state index contributed by atoms with van der Waals surface area (Å²) < 4.78 is 37.8. The van der Waals surface area contributed by atoms with Crippen molar-refractivity contribution in [3.05, 3.63) is 51.5 Å². The Kier molecular flexibility index (Phi) is 6.90. The number of thiazole rings is 1. The number of halogens is 3. The van der Waals surface area contributed by atoms with Gasteiger partial charge in [-0.2, -0.15) is 13.2 Å². The van der Waals surface area contributed by atoms with Gasteiger partial charge in [0.05, 0.1) is 6.54 Å². The van der Waals surface area contributed by atoms with Gasteiger partial charge in [0.15, 0.2) is 11.7 Å². The molecule has 3 rings (SSSR count). The van der Waals surface area contributed by atoms with Crippen LogP contribution in [-0.4, -0.2) is 42.5 Å². The Hall–Kier alpha value is -2.13. The molecule has 9 heteroatoms. The molecule has 1 aliphatic rings. The van der Waals surface area contributed by atoms with Crippen LogP contribution in [0.3, 0.4) is 0 Å². The second kappa shape index (κ2) is 9.38. The van der Waals surface area contributed by atoms with Gasteiger partial charge in [-0.25, -0.2) is 4.98 Å². The van der Waals surface area contributed by atoms with E-state index >= 15 is 0 Å². The Bertz CT molecular complexity index is 803. The van der Waals surface area contributed by atoms with Crippen LogP contribution < -0.4 is 10.6 Å². The molecule has 2 heterocycles. The van der Waals surface area contributed by atoms with Gasteiger partial charge in [0.2, 0.25) is 0 Å². The van der Waals surface area contributed by atoms with E-state index in [1.807, 2.05) is 0 Å². The summed E-state index contributed by atoms with van der Waals surface area (Å²) in [6.07, 6.45) is -2.36. The van der Waals surface area contributed by atoms with Crippen molar-refractivity contribution in [1.82, 2.24) is 20.5 Å². The van der Waals surface area contributed by atoms with E-state index in [1.54, 1.807) is 7.05 Å². The van der Waals surface area contributed by atoms with Crippen LogP contribution in [0, 0.1) is 0 Å². The van der Waals surface area contributed by atoms with Gasteiger partial charge in [-0.3, -0.25) is 9.89 Å². The maximum absolute atomic E-state index is 12.6. The zero-order valence-corrected chi connectivity index (χ0v) is 16.5. The van der Waals surface area contributed by atoms with Gasteiger partial charge in [0.1, 0.15) is 5.01 Å². The van der Waals surface area contributed by atoms with Crippen molar-refractivity contribution in [3.8, 4) is 0 Å². The first-order valence-electron chi connectivity index (χ1n) is 9.21. The zero-order valence-electron chi connectivity index (χ0n) is 15.7. The maximum atomic E-state index is 12.6. The fourth-order valence-corrected chi connectivity index (χ4v) is 3.90. The Balaban J connectivity index is 1.36. The largest absolute Gasteiger partial charge is 0.434 e. The molecule has 0 saturated carbocycles. The fraction of sp³-hybridized carbons (Fsp3) is 0.474. The van der Waals surface area contributed by atoms with Crippen molar-refractivity contribution in [2.75, 3.05) is 26.7 Å². The minimum absolute atomic E-state index is 0.212. The van der Waals surface area contributed by atoms with E-state index < -0.39 is 11.9 Å². The third-order valence-corrected chi connectivity index (χ3v) is 5.47. The van der Waals surface area contributed by atoms with Crippen LogP contribution in [0.4, 0.5) is 13.2 Å². The van der Waals surface area contributed by atoms with E-state index in [1.165, 1.54) is 11.1 Å². The maximum Gasteiger partial charge on any atom is 0.434 e. The molecular weight excluding hydrogens is 387 g/mol. The van der Waals surface area contributed by atoms with Gasteiger partial charge < -0.3 is 10.6 Å². The number of guanidine groups is 1. The van der Waals surface area contributed by atoms with Crippen molar-refractivity contribution in [1.29, 1.82) is 0 Å². The molecule has 0 amide bonds. The van der Waals surface area contributed by atoms with Gasteiger partial charge in [0.25, 0.3) is 0 Å². The van der Waals surface area contributed by atoms with Crippen LogP contribution in [0.1, 0.15) is 28.2 Å². The lowest BCUT2D eigenvalue weighted by molar-refractivity contribution is -0.140. The van der Waals surface area contributed by atoms with Crippen LogP contribution in [0.2, 0.25) is 0 Å². The minimum atomic E-state index is -4.40. The molecule has 28 heavy (non-hydrogen) atoms. The number of aliphatic imine (C=N–C) groups is 1. The number of nitrogens with one attached hydrogen (secondary N) is 2. The molecule has 5 nitrogen and oxygen atoms in total. The van der Waals surface area contributed by atoms with Crippen LogP contribution in [-0.2, 0) is 25.7 Å². The average Bonchev–Trinajstić information content (AvgIpc) is 3.17. The van der Waals surface area contributed by atoms with E-state index in [0.717, 1.165) is 55.7 Å². The zero-order chi connectivity index (χ0) is 20.0. The van der Waals surface area contributed by atoms with Gasteiger partial charge in [-0.1, -0.05) is 24.3 Å². The van der Waals surface area contributed by atoms with Gasteiger partial charge in [-0.15, -0.1) is 11.3 Å². The van der Waals surface area contributed by atoms with Crippen LogP contribution in [0.25, 0.3) is 0 Å². The lowest BCUT2D eigenvalue weighted by Crippen LogP contribution is -2.39. The predicted molar refractivity (Wildman–Crippen MR) is 105 cm³/mol. The SMILES string of the molecule is CN=C(NCCCN1CCc2ccccc2C1)NCc1nc(C(F)(F)F)cs1. The number of nitrogens with zero attached hydrogens (tertiary/aromatic N) is 3. The molecule has 0 saturated heterocycles. The molecule has 0 spiro atoms. The van der Waals surface area contributed by atoms with E-state index in [-0.39, 0.29) is 6.54 Å². The first-order chi connectivity index (χ1) is 13.5. The van der Waals surface area contributed by atoms with Crippen molar-refractivity contribution in [3.63, 3.8) is 0 Å². The van der Waals surface area contributed by atoms with Crippen molar-refractivity contribution >= 4 is 17.3 Å². The normalized spacial score (nSPS) is 15.4. The summed E-state index contributed by atoms with van der Waals surface area (Å²) in [5.41, 5.74) is 2.00. The number of benzene rings is 1. The van der Waals surface area contributed by atoms with Crippen molar-refractivity contribution in [2.24, 2.45) is 4.99 Å². The second-order valence-corrected chi connectivity index (χ2v) is 7.57. The Morgan fingerprint density at radius 2 is 2.04 bits per heavy atom. The number of aromatic nitrogens is 1. The van der Waals surface area contributed by atoms with Crippen LogP contribution >= 0.6 is 11.3 Å². The Morgan fingerprint density at radius 1 is 1.25 bits per heavy atom. The standard InChI is InChI=1S/C19H24F3N5S/c1-23-18(25-11-17-26-16(13-28-17)19(20,21)22)24-8-4-9-27-10-7-14-5-2-3-6-15(14)12-27/h2-3,5-6,13H,4,7-12H2,1H3,(H2,23,24,25). The smallest absolute Gasteiger partial charge is 0.356 e. The first-order valence-corrected chi connectivity index (χ1v) is 10.1. The molecule has 0 fully saturated rings. The van der Waals surface area contributed by atoms with Crippen molar-refractivity contribution in [2.45, 2.75) is 32.1 Å². The van der Waals surface area contributed by atoms with Gasteiger partial charge in [0, 0.05) is 38.6 Å². The molecule has 1 aliphatic heterocycles. The first kappa shape index (κ1) is 20.6. The topological polar surface area (TPSA) is 52.6 Å². The predicted octanol–water partition coefficient (Wildman–Crippen LogP) is 3.28. The Morgan fingerprint density at radius 3 is 2.75 bits per heavy atom. The summed E-state index contributed by atoms with van der Waals surface area (Å²) in [5.74, 6) is 0.563. The highest BCUT2D eigenvalue weighted by molar-refractivity contribution is 7.09. The number of rotatable bonds is 6. The average molecular weight is 411 g/mol. The van der Waals surface area contributed by atoms with E-state index in [9.17, 15) is 13.2 Å². The summed E-state index contributed by atoms with van der Waals surface area (Å²) in [4.78, 5) is 10.2. The van der Waals surface area contributed by atoms with Crippen LogP contribution in [0.5, 0.6) is 0 Å². The van der Waals surface area contributed by atoms with Crippen LogP contribution in [0.15, 0.2) is 34.6 Å². The molecular formula is C19H24F3N5S. The molecule has 0 aliphatic carbocycles. The molecule has 1 aromatic heterocycles. The third-order valence-electron chi connectivity index (χ3n) is 4.63. The van der Waals surface area contributed by atoms with Crippen molar-refractivity contribution < 1.29 is 13.2 Å². The highest BCUT2D eigenvalue weighted by atomic mass is 32.1. The number of hydrogen-bond donors (Lipinski definition) is 2. The lowest BCUT2D eigenvalue weighted by atomic mass is 10.00. The lowest BCUT2D eigenvalue weighted by Gasteiger charge is -2.28. The summed E-state index contributed by atoms with van der Waals surface area (Å²) in [6.45, 7) is 3.98. The summed E-state index contributed by atoms with van der Waals surface area (Å²) in [7, 11) is 1.64. The number of fused-ring (bicyclic) bond motifs is 1. The van der Waals surface area contributed by atoms with E-state index in [0.29, 0.717) is 11.0 Å². The molecule has 2 aromatic rings. The highest BCUT2D eigenvalue weighted by Gasteiger charge is 2.33. The highest BCUT2D eigenvalue weighted by Crippen LogP contribution is 2.29. The molecule has 0 unspecified atom stereocenters. The third kappa shape index (κ3) is 5.68. The molecule has 152 valence electrons. The van der Waals surface area contributed by atoms with Gasteiger partial charge in [-0.05, 0) is 24.0 Å². The molecule has 0 radical (unpaired) electrons. The van der Waals surface area contributed by atoms with E-state index in [2.05, 4.69) is 49.8 Å². The Labute approximate surface area is 166 Å². The second-order valence-electron chi connectivity index (χ2n) is 6.63. The summed E-state index contributed by atoms with van der Waals surface area (Å²) in [5, 5.41) is 7.62. The molecule has 0 atom stereocenters. The molecule has 2 N–H and O–H groups in total. The summed E-state index contributed by atoms with van der Waals surface area (Å²) in [6, 6.07) is 8.56. The van der Waals surface area contributed by atoms with E-state index in [4.69, 9.17) is 0 Å². The van der Waals surface area contributed by atoms with Gasteiger partial charge >= 0.3 is 6.18 Å². The number of hydrogen-bond acceptors (Lipinski definition) is 4. The number of alkyl halides is 3. The minimum Gasteiger partial charge on any atom is -0.356 e. The molecule has 1 aromatic carbocycles. The quantitative estimate of drug-likeness (QED) is 0.435.